The van der Waals surface area contributed by atoms with E-state index in [9.17, 15) is 18.0 Å². The van der Waals surface area contributed by atoms with Crippen LogP contribution in [0.5, 0.6) is 5.75 Å². The molecule has 0 radical (unpaired) electrons. The topological polar surface area (TPSA) is 39.2 Å². The van der Waals surface area contributed by atoms with Gasteiger partial charge in [-0.1, -0.05) is 18.2 Å². The summed E-state index contributed by atoms with van der Waals surface area (Å²) in [6.07, 6.45) is -0.810. The molecule has 0 fully saturated rings. The molecule has 3 nitrogen and oxygen atoms in total. The summed E-state index contributed by atoms with van der Waals surface area (Å²) in [5, 5.41) is 0. The summed E-state index contributed by atoms with van der Waals surface area (Å²) in [4.78, 5) is 15.9. The number of carbonyl (C=O) groups excluding carboxylic acids is 1. The minimum Gasteiger partial charge on any atom is -0.406 e. The molecule has 1 aromatic heterocycles. The summed E-state index contributed by atoms with van der Waals surface area (Å²) in [6, 6.07) is 8.68. The van der Waals surface area contributed by atoms with Gasteiger partial charge < -0.3 is 4.74 Å². The Labute approximate surface area is 119 Å². The van der Waals surface area contributed by atoms with Crippen LogP contribution < -0.4 is 4.74 Å². The molecule has 0 saturated heterocycles. The molecule has 0 aliphatic rings. The van der Waals surface area contributed by atoms with Crippen LogP contribution in [0, 0.1) is 0 Å². The molecule has 110 valence electrons. The van der Waals surface area contributed by atoms with Gasteiger partial charge >= 0.3 is 6.36 Å². The Balaban J connectivity index is 2.01. The number of ether oxygens (including phenoxy) is 1. The van der Waals surface area contributed by atoms with Crippen LogP contribution in [-0.4, -0.2) is 17.1 Å². The van der Waals surface area contributed by atoms with Crippen LogP contribution in [-0.2, 0) is 6.42 Å². The molecule has 1 heterocycles. The molecule has 2 rings (SSSR count). The molecule has 0 spiro atoms. The minimum absolute atomic E-state index is 0.195. The highest BCUT2D eigenvalue weighted by atomic mass is 19.4. The van der Waals surface area contributed by atoms with Crippen molar-refractivity contribution >= 4 is 5.78 Å². The summed E-state index contributed by atoms with van der Waals surface area (Å²) in [5.74, 6) is -0.638. The van der Waals surface area contributed by atoms with Crippen molar-refractivity contribution in [3.8, 4) is 5.75 Å². The van der Waals surface area contributed by atoms with Gasteiger partial charge in [-0.15, -0.1) is 13.2 Å². The van der Waals surface area contributed by atoms with E-state index in [1.807, 2.05) is 6.07 Å². The van der Waals surface area contributed by atoms with Gasteiger partial charge in [0, 0.05) is 24.4 Å². The van der Waals surface area contributed by atoms with Crippen molar-refractivity contribution in [2.45, 2.75) is 19.2 Å². The molecule has 1 aromatic carbocycles. The molecule has 0 unspecified atom stereocenters. The number of carbonyl (C=O) groups is 1. The molecule has 0 bridgehead atoms. The average Bonchev–Trinajstić information content (AvgIpc) is 2.44. The normalized spacial score (nSPS) is 11.2. The Morgan fingerprint density at radius 2 is 2.00 bits per heavy atom. The molecule has 0 aliphatic carbocycles. The average molecular weight is 295 g/mol. The number of aryl methyl sites for hydroxylation is 1. The lowest BCUT2D eigenvalue weighted by molar-refractivity contribution is -0.274. The first-order valence-electron chi connectivity index (χ1n) is 6.22. The summed E-state index contributed by atoms with van der Waals surface area (Å²) < 4.78 is 40.2. The number of nitrogens with zero attached hydrogens (tertiary/aromatic N) is 1. The zero-order chi connectivity index (χ0) is 15.3. The summed E-state index contributed by atoms with van der Waals surface area (Å²) in [7, 11) is 0. The van der Waals surface area contributed by atoms with Gasteiger partial charge in [0.05, 0.1) is 0 Å². The molecule has 0 N–H and O–H groups in total. The van der Waals surface area contributed by atoms with E-state index in [0.717, 1.165) is 17.7 Å². The molecule has 0 amide bonds. The quantitative estimate of drug-likeness (QED) is 0.788. The second-order valence-corrected chi connectivity index (χ2v) is 4.36. The Kier molecular flexibility index (Phi) is 4.57. The highest BCUT2D eigenvalue weighted by Crippen LogP contribution is 2.23. The van der Waals surface area contributed by atoms with E-state index in [4.69, 9.17) is 0 Å². The van der Waals surface area contributed by atoms with Crippen molar-refractivity contribution in [1.82, 2.24) is 4.98 Å². The molecule has 21 heavy (non-hydrogen) atoms. The number of halogens is 3. The van der Waals surface area contributed by atoms with E-state index < -0.39 is 12.1 Å². The number of aromatic nitrogens is 1. The predicted octanol–water partition coefficient (Wildman–Crippen LogP) is 3.80. The molecular formula is C15H12F3NO2. The third-order valence-corrected chi connectivity index (χ3v) is 2.75. The Hall–Kier alpha value is -2.37. The summed E-state index contributed by atoms with van der Waals surface area (Å²) >= 11 is 0. The fourth-order valence-electron chi connectivity index (χ4n) is 1.81. The Morgan fingerprint density at radius 3 is 2.67 bits per heavy atom. The van der Waals surface area contributed by atoms with Gasteiger partial charge in [-0.3, -0.25) is 9.78 Å². The van der Waals surface area contributed by atoms with Crippen LogP contribution in [0.4, 0.5) is 13.2 Å². The van der Waals surface area contributed by atoms with Crippen molar-refractivity contribution in [3.63, 3.8) is 0 Å². The largest absolute Gasteiger partial charge is 0.573 e. The fraction of sp³-hybridized carbons (Fsp3) is 0.200. The zero-order valence-electron chi connectivity index (χ0n) is 10.9. The SMILES string of the molecule is O=C(CCc1cccnc1)c1cccc(OC(F)(F)F)c1. The van der Waals surface area contributed by atoms with Crippen molar-refractivity contribution in [2.75, 3.05) is 0 Å². The predicted molar refractivity (Wildman–Crippen MR) is 70.0 cm³/mol. The number of ketones is 1. The number of pyridine rings is 1. The summed E-state index contributed by atoms with van der Waals surface area (Å²) in [5.41, 5.74) is 1.09. The molecule has 0 saturated carbocycles. The van der Waals surface area contributed by atoms with Crippen LogP contribution in [0.1, 0.15) is 22.3 Å². The van der Waals surface area contributed by atoms with Crippen LogP contribution in [0.25, 0.3) is 0 Å². The lowest BCUT2D eigenvalue weighted by Crippen LogP contribution is -2.17. The number of rotatable bonds is 5. The fourth-order valence-corrected chi connectivity index (χ4v) is 1.81. The number of hydrogen-bond donors (Lipinski definition) is 0. The molecule has 0 aliphatic heterocycles. The Morgan fingerprint density at radius 1 is 1.19 bits per heavy atom. The first kappa shape index (κ1) is 15.0. The maximum absolute atomic E-state index is 12.1. The minimum atomic E-state index is -4.77. The molecular weight excluding hydrogens is 283 g/mol. The maximum atomic E-state index is 12.1. The van der Waals surface area contributed by atoms with E-state index in [1.54, 1.807) is 18.5 Å². The van der Waals surface area contributed by atoms with Gasteiger partial charge in [0.15, 0.2) is 5.78 Å². The third kappa shape index (κ3) is 4.91. The van der Waals surface area contributed by atoms with Crippen molar-refractivity contribution in [3.05, 3.63) is 59.9 Å². The Bertz CT molecular complexity index is 612. The van der Waals surface area contributed by atoms with Crippen LogP contribution in [0.3, 0.4) is 0 Å². The highest BCUT2D eigenvalue weighted by molar-refractivity contribution is 5.96. The zero-order valence-corrected chi connectivity index (χ0v) is 10.9. The highest BCUT2D eigenvalue weighted by Gasteiger charge is 2.31. The summed E-state index contributed by atoms with van der Waals surface area (Å²) in [6.45, 7) is 0. The second-order valence-electron chi connectivity index (χ2n) is 4.36. The molecule has 6 heteroatoms. The van der Waals surface area contributed by atoms with E-state index in [0.29, 0.717) is 6.42 Å². The van der Waals surface area contributed by atoms with Crippen molar-refractivity contribution in [2.24, 2.45) is 0 Å². The lowest BCUT2D eigenvalue weighted by Gasteiger charge is -2.09. The first-order chi connectivity index (χ1) is 9.94. The van der Waals surface area contributed by atoms with Crippen molar-refractivity contribution in [1.29, 1.82) is 0 Å². The van der Waals surface area contributed by atoms with Gasteiger partial charge in [-0.05, 0) is 30.2 Å². The van der Waals surface area contributed by atoms with Crippen LogP contribution in [0.15, 0.2) is 48.8 Å². The van der Waals surface area contributed by atoms with Gasteiger partial charge in [0.2, 0.25) is 0 Å². The van der Waals surface area contributed by atoms with E-state index in [-0.39, 0.29) is 17.8 Å². The molecule has 0 atom stereocenters. The van der Waals surface area contributed by atoms with Crippen LogP contribution >= 0.6 is 0 Å². The van der Waals surface area contributed by atoms with E-state index >= 15 is 0 Å². The van der Waals surface area contributed by atoms with E-state index in [2.05, 4.69) is 9.72 Å². The molecule has 2 aromatic rings. The number of Topliss-reactive ketones (excluding diaryl/α,β-unsaturated/α-hetero) is 1. The standard InChI is InChI=1S/C15H12F3NO2/c16-15(17,18)21-13-5-1-4-12(9-13)14(20)7-6-11-3-2-8-19-10-11/h1-5,8-10H,6-7H2. The van der Waals surface area contributed by atoms with Crippen LogP contribution in [0.2, 0.25) is 0 Å². The lowest BCUT2D eigenvalue weighted by atomic mass is 10.0. The third-order valence-electron chi connectivity index (χ3n) is 2.75. The van der Waals surface area contributed by atoms with Gasteiger partial charge in [-0.2, -0.15) is 0 Å². The van der Waals surface area contributed by atoms with Gasteiger partial charge in [0.1, 0.15) is 5.75 Å². The number of benzene rings is 1. The van der Waals surface area contributed by atoms with Gasteiger partial charge in [0.25, 0.3) is 0 Å². The van der Waals surface area contributed by atoms with Gasteiger partial charge in [-0.25, -0.2) is 0 Å². The smallest absolute Gasteiger partial charge is 0.406 e. The number of hydrogen-bond acceptors (Lipinski definition) is 3. The first-order valence-corrected chi connectivity index (χ1v) is 6.22. The van der Waals surface area contributed by atoms with Crippen molar-refractivity contribution < 1.29 is 22.7 Å². The second kappa shape index (κ2) is 6.39. The maximum Gasteiger partial charge on any atom is 0.573 e. The monoisotopic (exact) mass is 295 g/mol. The van der Waals surface area contributed by atoms with E-state index in [1.165, 1.54) is 12.1 Å². The number of alkyl halides is 3.